The molecular formula is C21H20F3N5O3. The molecule has 3 atom stereocenters. The van der Waals surface area contributed by atoms with Crippen LogP contribution in [-0.2, 0) is 17.5 Å². The number of nitrogens with zero attached hydrogens (tertiary/aromatic N) is 3. The molecule has 2 aromatic rings. The van der Waals surface area contributed by atoms with Crippen molar-refractivity contribution in [3.05, 3.63) is 35.2 Å². The van der Waals surface area contributed by atoms with E-state index >= 15 is 0 Å². The van der Waals surface area contributed by atoms with Gasteiger partial charge in [-0.05, 0) is 24.5 Å². The van der Waals surface area contributed by atoms with Crippen molar-refractivity contribution in [2.75, 3.05) is 0 Å². The van der Waals surface area contributed by atoms with Crippen LogP contribution in [0.25, 0.3) is 11.4 Å². The Hall–Kier alpha value is -3.24. The van der Waals surface area contributed by atoms with Gasteiger partial charge in [0.1, 0.15) is 0 Å². The molecule has 3 aliphatic rings. The molecule has 5 rings (SSSR count). The summed E-state index contributed by atoms with van der Waals surface area (Å²) in [7, 11) is 0. The van der Waals surface area contributed by atoms with Crippen LogP contribution in [0, 0.1) is 11.3 Å². The Morgan fingerprint density at radius 3 is 2.69 bits per heavy atom. The SMILES string of the molecule is N=C1CC1C(=O)N[C@@H]1CCCC[C@H]1N1Cc2ccc(-c3noc(C(F)(F)F)n3)cc2C1=O. The molecule has 2 amide bonds. The molecule has 0 radical (unpaired) electrons. The number of hydrogen-bond acceptors (Lipinski definition) is 6. The highest BCUT2D eigenvalue weighted by molar-refractivity contribution is 6.15. The van der Waals surface area contributed by atoms with Crippen LogP contribution in [0.4, 0.5) is 13.2 Å². The summed E-state index contributed by atoms with van der Waals surface area (Å²) in [6.45, 7) is 0.366. The highest BCUT2D eigenvalue weighted by Gasteiger charge is 2.43. The van der Waals surface area contributed by atoms with Crippen molar-refractivity contribution in [2.24, 2.45) is 5.92 Å². The average Bonchev–Trinajstić information content (AvgIpc) is 3.15. The van der Waals surface area contributed by atoms with Crippen LogP contribution in [0.2, 0.25) is 0 Å². The first-order valence-electron chi connectivity index (χ1n) is 10.4. The third-order valence-corrected chi connectivity index (χ3v) is 6.33. The summed E-state index contributed by atoms with van der Waals surface area (Å²) in [5.74, 6) is -2.41. The second kappa shape index (κ2) is 7.42. The molecule has 0 spiro atoms. The number of carbonyl (C=O) groups excluding carboxylic acids is 2. The van der Waals surface area contributed by atoms with Gasteiger partial charge in [-0.3, -0.25) is 9.59 Å². The van der Waals surface area contributed by atoms with Gasteiger partial charge in [0.25, 0.3) is 5.91 Å². The van der Waals surface area contributed by atoms with Gasteiger partial charge in [-0.1, -0.05) is 30.1 Å². The molecule has 0 saturated heterocycles. The Kier molecular flexibility index (Phi) is 4.79. The summed E-state index contributed by atoms with van der Waals surface area (Å²) in [6, 6.07) is 4.39. The second-order valence-corrected chi connectivity index (χ2v) is 8.47. The molecule has 2 fully saturated rings. The minimum Gasteiger partial charge on any atom is -0.351 e. The van der Waals surface area contributed by atoms with Gasteiger partial charge in [0, 0.05) is 35.8 Å². The van der Waals surface area contributed by atoms with Gasteiger partial charge in [-0.25, -0.2) is 0 Å². The first-order valence-corrected chi connectivity index (χ1v) is 10.4. The summed E-state index contributed by atoms with van der Waals surface area (Å²) >= 11 is 0. The normalized spacial score (nSPS) is 25.1. The molecule has 0 bridgehead atoms. The smallest absolute Gasteiger partial charge is 0.351 e. The first kappa shape index (κ1) is 20.7. The van der Waals surface area contributed by atoms with E-state index < -0.39 is 12.1 Å². The van der Waals surface area contributed by atoms with Gasteiger partial charge >= 0.3 is 12.1 Å². The van der Waals surface area contributed by atoms with Crippen LogP contribution in [0.1, 0.15) is 53.9 Å². The zero-order chi connectivity index (χ0) is 22.6. The number of carbonyl (C=O) groups is 2. The molecule has 168 valence electrons. The van der Waals surface area contributed by atoms with E-state index in [1.807, 2.05) is 0 Å². The quantitative estimate of drug-likeness (QED) is 0.748. The summed E-state index contributed by atoms with van der Waals surface area (Å²) in [6.07, 6.45) is -0.864. The van der Waals surface area contributed by atoms with Gasteiger partial charge in [0.2, 0.25) is 11.7 Å². The Morgan fingerprint density at radius 1 is 1.25 bits per heavy atom. The number of benzene rings is 1. The first-order chi connectivity index (χ1) is 15.2. The Labute approximate surface area is 180 Å². The molecule has 2 aliphatic carbocycles. The van der Waals surface area contributed by atoms with Gasteiger partial charge < -0.3 is 20.1 Å². The highest BCUT2D eigenvalue weighted by Crippen LogP contribution is 2.35. The number of rotatable bonds is 4. The van der Waals surface area contributed by atoms with E-state index in [4.69, 9.17) is 5.41 Å². The minimum atomic E-state index is -4.74. The summed E-state index contributed by atoms with van der Waals surface area (Å²) < 4.78 is 42.6. The molecule has 2 saturated carbocycles. The number of fused-ring (bicyclic) bond motifs is 1. The maximum absolute atomic E-state index is 13.2. The van der Waals surface area contributed by atoms with Crippen LogP contribution in [0.5, 0.6) is 0 Å². The summed E-state index contributed by atoms with van der Waals surface area (Å²) in [5, 5.41) is 14.0. The molecule has 1 aromatic heterocycles. The molecule has 32 heavy (non-hydrogen) atoms. The lowest BCUT2D eigenvalue weighted by Crippen LogP contribution is -2.53. The molecule has 2 heterocycles. The Bertz CT molecular complexity index is 1110. The van der Waals surface area contributed by atoms with Crippen molar-refractivity contribution in [1.29, 1.82) is 5.41 Å². The van der Waals surface area contributed by atoms with Gasteiger partial charge in [0.05, 0.1) is 12.0 Å². The van der Waals surface area contributed by atoms with Crippen molar-refractivity contribution in [3.63, 3.8) is 0 Å². The number of halogens is 3. The summed E-state index contributed by atoms with van der Waals surface area (Å²) in [5.41, 5.74) is 1.85. The second-order valence-electron chi connectivity index (χ2n) is 8.47. The predicted octanol–water partition coefficient (Wildman–Crippen LogP) is 3.18. The van der Waals surface area contributed by atoms with E-state index in [1.165, 1.54) is 6.07 Å². The third-order valence-electron chi connectivity index (χ3n) is 6.33. The maximum Gasteiger partial charge on any atom is 0.471 e. The highest BCUT2D eigenvalue weighted by atomic mass is 19.4. The van der Waals surface area contributed by atoms with E-state index in [2.05, 4.69) is 20.0 Å². The molecule has 11 heteroatoms. The van der Waals surface area contributed by atoms with Crippen molar-refractivity contribution < 1.29 is 27.3 Å². The number of amides is 2. The third kappa shape index (κ3) is 3.65. The van der Waals surface area contributed by atoms with Crippen molar-refractivity contribution >= 4 is 17.5 Å². The fraction of sp³-hybridized carbons (Fsp3) is 0.476. The van der Waals surface area contributed by atoms with E-state index in [0.29, 0.717) is 24.2 Å². The van der Waals surface area contributed by atoms with Crippen LogP contribution >= 0.6 is 0 Å². The van der Waals surface area contributed by atoms with Crippen molar-refractivity contribution in [3.8, 4) is 11.4 Å². The zero-order valence-electron chi connectivity index (χ0n) is 16.9. The Morgan fingerprint density at radius 2 is 2.00 bits per heavy atom. The molecule has 1 aliphatic heterocycles. The lowest BCUT2D eigenvalue weighted by atomic mass is 9.89. The number of hydrogen-bond donors (Lipinski definition) is 2. The Balaban J connectivity index is 1.36. The molecule has 8 nitrogen and oxygen atoms in total. The van der Waals surface area contributed by atoms with Crippen LogP contribution in [-0.4, -0.2) is 44.7 Å². The number of aromatic nitrogens is 2. The largest absolute Gasteiger partial charge is 0.471 e. The monoisotopic (exact) mass is 447 g/mol. The number of alkyl halides is 3. The van der Waals surface area contributed by atoms with Crippen molar-refractivity contribution in [2.45, 2.75) is 56.9 Å². The fourth-order valence-corrected chi connectivity index (χ4v) is 4.53. The fourth-order valence-electron chi connectivity index (χ4n) is 4.53. The lowest BCUT2D eigenvalue weighted by Gasteiger charge is -2.38. The van der Waals surface area contributed by atoms with Gasteiger partial charge in [-0.2, -0.15) is 18.2 Å². The predicted molar refractivity (Wildman–Crippen MR) is 105 cm³/mol. The van der Waals surface area contributed by atoms with E-state index in [9.17, 15) is 22.8 Å². The maximum atomic E-state index is 13.2. The standard InChI is InChI=1S/C21H20F3N5O3/c22-21(23,24)20-27-17(28-32-20)10-5-6-11-9-29(19(31)12(11)7-10)16-4-2-1-3-15(16)26-18(30)13-8-14(13)25/h5-7,13,15-16,25H,1-4,8-9H2,(H,26,30)/t13?,15-,16-/m1/s1. The van der Waals surface area contributed by atoms with E-state index in [-0.39, 0.29) is 41.2 Å². The van der Waals surface area contributed by atoms with E-state index in [1.54, 1.807) is 17.0 Å². The van der Waals surface area contributed by atoms with Gasteiger partial charge in [-0.15, -0.1) is 0 Å². The molecule has 1 unspecified atom stereocenters. The topological polar surface area (TPSA) is 112 Å². The molecular weight excluding hydrogens is 427 g/mol. The van der Waals surface area contributed by atoms with Crippen LogP contribution < -0.4 is 5.32 Å². The molecule has 1 aromatic carbocycles. The minimum absolute atomic E-state index is 0.157. The average molecular weight is 447 g/mol. The number of nitrogens with one attached hydrogen (secondary N) is 2. The van der Waals surface area contributed by atoms with E-state index in [0.717, 1.165) is 31.2 Å². The van der Waals surface area contributed by atoms with Crippen molar-refractivity contribution in [1.82, 2.24) is 20.4 Å². The molecule has 2 N–H and O–H groups in total. The lowest BCUT2D eigenvalue weighted by molar-refractivity contribution is -0.159. The summed E-state index contributed by atoms with van der Waals surface area (Å²) in [4.78, 5) is 30.7. The van der Waals surface area contributed by atoms with Gasteiger partial charge in [0.15, 0.2) is 0 Å². The van der Waals surface area contributed by atoms with Crippen LogP contribution in [0.3, 0.4) is 0 Å². The van der Waals surface area contributed by atoms with Crippen LogP contribution in [0.15, 0.2) is 22.7 Å². The zero-order valence-corrected chi connectivity index (χ0v) is 16.9.